The highest BCUT2D eigenvalue weighted by Crippen LogP contribution is 2.36. The average Bonchev–Trinajstić information content (AvgIpc) is 2.74. The number of pyridine rings is 2. The van der Waals surface area contributed by atoms with Crippen LogP contribution in [0.4, 0.5) is 5.82 Å². The molecule has 2 aromatic carbocycles. The summed E-state index contributed by atoms with van der Waals surface area (Å²) in [5, 5.41) is 15.4. The molecule has 0 saturated heterocycles. The number of phenolic OH excluding ortho intramolecular Hbond substituents is 1. The molecule has 134 valence electrons. The van der Waals surface area contributed by atoms with Crippen LogP contribution in [0.25, 0.3) is 10.9 Å². The first kappa shape index (κ1) is 17.4. The number of aromatic nitrogens is 2. The van der Waals surface area contributed by atoms with Crippen LogP contribution in [0, 0.1) is 0 Å². The van der Waals surface area contributed by atoms with Crippen LogP contribution in [0.15, 0.2) is 84.0 Å². The van der Waals surface area contributed by atoms with Gasteiger partial charge >= 0.3 is 0 Å². The highest BCUT2D eigenvalue weighted by atomic mass is 32.2. The largest absolute Gasteiger partial charge is 0.505 e. The first-order valence-corrected chi connectivity index (χ1v) is 9.92. The number of H-pyrrole nitrogens is 1. The second-order valence-electron chi connectivity index (χ2n) is 6.21. The van der Waals surface area contributed by atoms with Gasteiger partial charge in [-0.05, 0) is 36.6 Å². The van der Waals surface area contributed by atoms with Gasteiger partial charge in [-0.1, -0.05) is 30.3 Å². The van der Waals surface area contributed by atoms with Gasteiger partial charge in [0.05, 0.1) is 6.20 Å². The third kappa shape index (κ3) is 3.59. The van der Waals surface area contributed by atoms with Gasteiger partial charge in [0.15, 0.2) is 0 Å². The van der Waals surface area contributed by atoms with Gasteiger partial charge in [-0.2, -0.15) is 0 Å². The van der Waals surface area contributed by atoms with Crippen LogP contribution >= 0.6 is 11.8 Å². The molecule has 0 aliphatic heterocycles. The molecule has 0 radical (unpaired) electrons. The molecule has 0 bridgehead atoms. The fourth-order valence-corrected chi connectivity index (χ4v) is 3.56. The van der Waals surface area contributed by atoms with Gasteiger partial charge in [-0.15, -0.1) is 11.8 Å². The highest BCUT2D eigenvalue weighted by Gasteiger charge is 2.24. The van der Waals surface area contributed by atoms with E-state index in [0.717, 1.165) is 22.3 Å². The van der Waals surface area contributed by atoms with E-state index in [1.807, 2.05) is 48.7 Å². The molecule has 4 aromatic rings. The molecule has 0 aliphatic carbocycles. The number of benzene rings is 2. The van der Waals surface area contributed by atoms with Crippen LogP contribution in [0.1, 0.15) is 17.2 Å². The van der Waals surface area contributed by atoms with Crippen molar-refractivity contribution in [2.45, 2.75) is 10.9 Å². The van der Waals surface area contributed by atoms with E-state index < -0.39 is 0 Å². The summed E-state index contributed by atoms with van der Waals surface area (Å²) >= 11 is 1.71. The number of hydrogen-bond donors (Lipinski definition) is 2. The summed E-state index contributed by atoms with van der Waals surface area (Å²) in [5.74, 6) is 1.08. The van der Waals surface area contributed by atoms with Gasteiger partial charge in [0.25, 0.3) is 5.82 Å². The third-order valence-corrected chi connectivity index (χ3v) is 5.29. The van der Waals surface area contributed by atoms with Crippen molar-refractivity contribution >= 4 is 28.5 Å². The van der Waals surface area contributed by atoms with Crippen molar-refractivity contribution in [3.05, 3.63) is 90.3 Å². The molecule has 1 atom stereocenters. The molecule has 0 fully saturated rings. The van der Waals surface area contributed by atoms with Gasteiger partial charge in [0.2, 0.25) is 0 Å². The Morgan fingerprint density at radius 2 is 1.85 bits per heavy atom. The van der Waals surface area contributed by atoms with Crippen LogP contribution in [0.2, 0.25) is 0 Å². The van der Waals surface area contributed by atoms with E-state index in [4.69, 9.17) is 0 Å². The maximum atomic E-state index is 10.9. The Labute approximate surface area is 162 Å². The van der Waals surface area contributed by atoms with Gasteiger partial charge in [0, 0.05) is 33.7 Å². The van der Waals surface area contributed by atoms with Crippen molar-refractivity contribution < 1.29 is 10.1 Å². The topological polar surface area (TPSA) is 59.3 Å². The summed E-state index contributed by atoms with van der Waals surface area (Å²) in [6.45, 7) is 0. The van der Waals surface area contributed by atoms with Crippen molar-refractivity contribution in [3.8, 4) is 5.75 Å². The molecule has 0 spiro atoms. The Bertz CT molecular complexity index is 1050. The van der Waals surface area contributed by atoms with E-state index in [9.17, 15) is 5.11 Å². The number of aromatic amines is 1. The molecule has 3 N–H and O–H groups in total. The molecule has 27 heavy (non-hydrogen) atoms. The van der Waals surface area contributed by atoms with Crippen molar-refractivity contribution in [2.75, 3.05) is 11.6 Å². The molecule has 5 heteroatoms. The quantitative estimate of drug-likeness (QED) is 0.498. The number of thioether (sulfide) groups is 1. The van der Waals surface area contributed by atoms with Crippen molar-refractivity contribution in [3.63, 3.8) is 0 Å². The molecule has 2 heterocycles. The second-order valence-corrected chi connectivity index (χ2v) is 7.08. The van der Waals surface area contributed by atoms with E-state index >= 15 is 0 Å². The van der Waals surface area contributed by atoms with Crippen LogP contribution in [0.3, 0.4) is 0 Å². The SMILES string of the molecule is CSc1ccc([C@@H](Nc2cccc[nH+]2)c2ccc3cccnc3c2O)cc1. The normalized spacial score (nSPS) is 12.0. The zero-order valence-electron chi connectivity index (χ0n) is 14.9. The smallest absolute Gasteiger partial charge is 0.272 e. The first-order chi connectivity index (χ1) is 13.3. The lowest BCUT2D eigenvalue weighted by Crippen LogP contribution is -2.18. The predicted octanol–water partition coefficient (Wildman–Crippen LogP) is 4.68. The minimum absolute atomic E-state index is 0.204. The lowest BCUT2D eigenvalue weighted by Gasteiger charge is -2.18. The van der Waals surface area contributed by atoms with Gasteiger partial charge < -0.3 is 5.11 Å². The van der Waals surface area contributed by atoms with E-state index in [-0.39, 0.29) is 11.8 Å². The number of nitrogens with zero attached hydrogens (tertiary/aromatic N) is 1. The van der Waals surface area contributed by atoms with Gasteiger partial charge in [0.1, 0.15) is 17.3 Å². The first-order valence-electron chi connectivity index (χ1n) is 8.70. The summed E-state index contributed by atoms with van der Waals surface area (Å²) in [4.78, 5) is 8.77. The minimum Gasteiger partial charge on any atom is -0.505 e. The van der Waals surface area contributed by atoms with Crippen LogP contribution in [-0.2, 0) is 0 Å². The zero-order valence-corrected chi connectivity index (χ0v) is 15.7. The van der Waals surface area contributed by atoms with Gasteiger partial charge in [-0.25, -0.2) is 4.98 Å². The van der Waals surface area contributed by atoms with E-state index in [1.54, 1.807) is 18.0 Å². The predicted molar refractivity (Wildman–Crippen MR) is 110 cm³/mol. The highest BCUT2D eigenvalue weighted by molar-refractivity contribution is 7.98. The number of fused-ring (bicyclic) bond motifs is 1. The van der Waals surface area contributed by atoms with Crippen molar-refractivity contribution in [1.29, 1.82) is 0 Å². The molecule has 2 aromatic heterocycles. The van der Waals surface area contributed by atoms with Crippen molar-refractivity contribution in [1.82, 2.24) is 4.98 Å². The Balaban J connectivity index is 1.83. The summed E-state index contributed by atoms with van der Waals surface area (Å²) in [6.07, 6.45) is 5.63. The summed E-state index contributed by atoms with van der Waals surface area (Å²) < 4.78 is 0. The van der Waals surface area contributed by atoms with E-state index in [0.29, 0.717) is 5.52 Å². The lowest BCUT2D eigenvalue weighted by atomic mass is 9.96. The maximum Gasteiger partial charge on any atom is 0.272 e. The molecular formula is C22H20N3OS+. The Morgan fingerprint density at radius 1 is 1.00 bits per heavy atom. The fourth-order valence-electron chi connectivity index (χ4n) is 3.15. The molecule has 4 nitrogen and oxygen atoms in total. The lowest BCUT2D eigenvalue weighted by molar-refractivity contribution is -0.361. The van der Waals surface area contributed by atoms with E-state index in [1.165, 1.54) is 4.90 Å². The Hall–Kier alpha value is -3.05. The number of phenols is 1. The Morgan fingerprint density at radius 3 is 2.59 bits per heavy atom. The summed E-state index contributed by atoms with van der Waals surface area (Å²) in [6, 6.07) is 21.8. The third-order valence-electron chi connectivity index (χ3n) is 4.55. The number of aromatic hydroxyl groups is 1. The molecule has 4 rings (SSSR count). The Kier molecular flexibility index (Phi) is 4.94. The zero-order chi connectivity index (χ0) is 18.6. The molecular weight excluding hydrogens is 354 g/mol. The number of anilines is 1. The minimum atomic E-state index is -0.217. The number of rotatable bonds is 5. The molecule has 0 unspecified atom stereocenters. The molecule has 0 saturated carbocycles. The molecule has 0 aliphatic rings. The molecule has 0 amide bonds. The van der Waals surface area contributed by atoms with Gasteiger partial charge in [-0.3, -0.25) is 10.3 Å². The van der Waals surface area contributed by atoms with Crippen LogP contribution < -0.4 is 10.3 Å². The monoisotopic (exact) mass is 374 g/mol. The van der Waals surface area contributed by atoms with Crippen LogP contribution in [0.5, 0.6) is 5.75 Å². The average molecular weight is 374 g/mol. The number of hydrogen-bond acceptors (Lipinski definition) is 4. The second kappa shape index (κ2) is 7.68. The maximum absolute atomic E-state index is 10.9. The van der Waals surface area contributed by atoms with Crippen molar-refractivity contribution in [2.24, 2.45) is 0 Å². The standard InChI is InChI=1S/C22H19N3OS/c1-27-17-10-7-16(8-11-17)20(25-19-6-2-3-13-23-19)18-12-9-15-5-4-14-24-21(15)22(18)26/h2-14,20,26H,1H3,(H,23,25)/p+1/t20-/m1/s1. The van der Waals surface area contributed by atoms with E-state index in [2.05, 4.69) is 45.8 Å². The fraction of sp³-hybridized carbons (Fsp3) is 0.0909. The summed E-state index contributed by atoms with van der Waals surface area (Å²) in [5.41, 5.74) is 2.46. The van der Waals surface area contributed by atoms with Crippen LogP contribution in [-0.4, -0.2) is 16.3 Å². The number of nitrogens with one attached hydrogen (secondary N) is 2. The summed E-state index contributed by atoms with van der Waals surface area (Å²) in [7, 11) is 0.